The smallest absolute Gasteiger partial charge is 0.246 e. The summed E-state index contributed by atoms with van der Waals surface area (Å²) in [5, 5.41) is 0. The van der Waals surface area contributed by atoms with E-state index in [9.17, 15) is 4.79 Å². The summed E-state index contributed by atoms with van der Waals surface area (Å²) in [4.78, 5) is 10.9. The Hall–Kier alpha value is -0.870. The van der Waals surface area contributed by atoms with Crippen molar-refractivity contribution in [1.29, 1.82) is 0 Å². The maximum absolute atomic E-state index is 10.9. The number of rotatable bonds is 5. The molecule has 0 radical (unpaired) electrons. The molecule has 0 aliphatic carbocycles. The van der Waals surface area contributed by atoms with Gasteiger partial charge in [0.25, 0.3) is 0 Å². The number of nitrogens with two attached hydrogens (primary N) is 1. The van der Waals surface area contributed by atoms with E-state index in [-0.39, 0.29) is 0 Å². The van der Waals surface area contributed by atoms with Crippen LogP contribution in [0.1, 0.15) is 18.9 Å². The van der Waals surface area contributed by atoms with Crippen molar-refractivity contribution in [3.8, 4) is 0 Å². The van der Waals surface area contributed by atoms with Gasteiger partial charge in [-0.25, -0.2) is 0 Å². The molecule has 1 aromatic rings. The first-order valence-corrected chi connectivity index (χ1v) is 5.58. The minimum atomic E-state index is -0.492. The average molecular weight is 272 g/mol. The van der Waals surface area contributed by atoms with Crippen LogP contribution in [-0.4, -0.2) is 12.0 Å². The topological polar surface area (TPSA) is 52.3 Å². The predicted molar refractivity (Wildman–Crippen MR) is 62.2 cm³/mol. The minimum Gasteiger partial charge on any atom is -0.367 e. The standard InChI is InChI=1S/C11H14BrNO2/c1-2-10(11(13)14)15-7-8-3-5-9(12)6-4-8/h3-6,10H,2,7H2,1H3,(H2,13,14). The van der Waals surface area contributed by atoms with Gasteiger partial charge in [-0.15, -0.1) is 0 Å². The van der Waals surface area contributed by atoms with Gasteiger partial charge in [0.2, 0.25) is 5.91 Å². The van der Waals surface area contributed by atoms with Crippen LogP contribution in [0.25, 0.3) is 0 Å². The summed E-state index contributed by atoms with van der Waals surface area (Å²) in [5.74, 6) is -0.408. The van der Waals surface area contributed by atoms with Gasteiger partial charge in [-0.05, 0) is 24.1 Å². The second kappa shape index (κ2) is 5.88. The fourth-order valence-corrected chi connectivity index (χ4v) is 1.44. The molecule has 1 unspecified atom stereocenters. The van der Waals surface area contributed by atoms with Crippen molar-refractivity contribution in [3.63, 3.8) is 0 Å². The zero-order chi connectivity index (χ0) is 11.3. The number of halogens is 1. The summed E-state index contributed by atoms with van der Waals surface area (Å²) in [5.41, 5.74) is 6.19. The average Bonchev–Trinajstić information content (AvgIpc) is 2.21. The lowest BCUT2D eigenvalue weighted by Gasteiger charge is -2.12. The highest BCUT2D eigenvalue weighted by Gasteiger charge is 2.12. The molecule has 2 N–H and O–H groups in total. The van der Waals surface area contributed by atoms with Gasteiger partial charge in [0.15, 0.2) is 0 Å². The summed E-state index contributed by atoms with van der Waals surface area (Å²) >= 11 is 3.35. The molecule has 1 amide bonds. The van der Waals surface area contributed by atoms with E-state index in [1.807, 2.05) is 31.2 Å². The maximum Gasteiger partial charge on any atom is 0.246 e. The molecule has 1 rings (SSSR count). The number of hydrogen-bond donors (Lipinski definition) is 1. The third kappa shape index (κ3) is 4.01. The van der Waals surface area contributed by atoms with Crippen LogP contribution in [-0.2, 0) is 16.1 Å². The van der Waals surface area contributed by atoms with E-state index in [1.165, 1.54) is 0 Å². The van der Waals surface area contributed by atoms with Crippen LogP contribution in [0.5, 0.6) is 0 Å². The van der Waals surface area contributed by atoms with Crippen LogP contribution < -0.4 is 5.73 Å². The SMILES string of the molecule is CCC(OCc1ccc(Br)cc1)C(N)=O. The first-order chi connectivity index (χ1) is 7.13. The molecule has 0 fully saturated rings. The van der Waals surface area contributed by atoms with Crippen LogP contribution in [0.15, 0.2) is 28.7 Å². The zero-order valence-corrected chi connectivity index (χ0v) is 10.2. The zero-order valence-electron chi connectivity index (χ0n) is 8.57. The third-order valence-corrected chi connectivity index (χ3v) is 2.58. The van der Waals surface area contributed by atoms with E-state index in [1.54, 1.807) is 0 Å². The Bertz CT molecular complexity index is 324. The monoisotopic (exact) mass is 271 g/mol. The summed E-state index contributed by atoms with van der Waals surface area (Å²) in [6.07, 6.45) is 0.111. The Morgan fingerprint density at radius 2 is 2.07 bits per heavy atom. The Morgan fingerprint density at radius 3 is 2.53 bits per heavy atom. The Kier molecular flexibility index (Phi) is 4.78. The molecule has 0 aromatic heterocycles. The summed E-state index contributed by atoms with van der Waals surface area (Å²) in [6.45, 7) is 2.28. The fraction of sp³-hybridized carbons (Fsp3) is 0.364. The highest BCUT2D eigenvalue weighted by atomic mass is 79.9. The van der Waals surface area contributed by atoms with Gasteiger partial charge in [-0.2, -0.15) is 0 Å². The molecule has 4 heteroatoms. The van der Waals surface area contributed by atoms with Gasteiger partial charge in [0, 0.05) is 4.47 Å². The van der Waals surface area contributed by atoms with Crippen molar-refractivity contribution < 1.29 is 9.53 Å². The summed E-state index contributed by atoms with van der Waals surface area (Å²) in [6, 6.07) is 7.75. The number of amides is 1. The summed E-state index contributed by atoms with van der Waals surface area (Å²) < 4.78 is 6.41. The lowest BCUT2D eigenvalue weighted by atomic mass is 10.2. The summed E-state index contributed by atoms with van der Waals surface area (Å²) in [7, 11) is 0. The van der Waals surface area contributed by atoms with Crippen LogP contribution in [0, 0.1) is 0 Å². The maximum atomic E-state index is 10.9. The molecule has 0 saturated heterocycles. The van der Waals surface area contributed by atoms with E-state index in [2.05, 4.69) is 15.9 Å². The van der Waals surface area contributed by atoms with Gasteiger partial charge >= 0.3 is 0 Å². The van der Waals surface area contributed by atoms with Gasteiger partial charge < -0.3 is 10.5 Å². The van der Waals surface area contributed by atoms with Crippen molar-refractivity contribution in [2.24, 2.45) is 5.73 Å². The molecule has 1 aromatic carbocycles. The third-order valence-electron chi connectivity index (χ3n) is 2.05. The number of carbonyl (C=O) groups excluding carboxylic acids is 1. The molecule has 0 heterocycles. The fourth-order valence-electron chi connectivity index (χ4n) is 1.18. The van der Waals surface area contributed by atoms with Crippen molar-refractivity contribution in [2.75, 3.05) is 0 Å². The van der Waals surface area contributed by atoms with Gasteiger partial charge in [0.1, 0.15) is 6.10 Å². The van der Waals surface area contributed by atoms with E-state index in [0.29, 0.717) is 13.0 Å². The molecule has 0 bridgehead atoms. The lowest BCUT2D eigenvalue weighted by molar-refractivity contribution is -0.130. The molecule has 1 atom stereocenters. The first-order valence-electron chi connectivity index (χ1n) is 4.79. The molecule has 82 valence electrons. The van der Waals surface area contributed by atoms with Gasteiger partial charge in [-0.1, -0.05) is 35.0 Å². The first kappa shape index (κ1) is 12.2. The van der Waals surface area contributed by atoms with Crippen molar-refractivity contribution in [2.45, 2.75) is 26.1 Å². The van der Waals surface area contributed by atoms with Crippen molar-refractivity contribution >= 4 is 21.8 Å². The molecule has 0 spiro atoms. The largest absolute Gasteiger partial charge is 0.367 e. The molecule has 3 nitrogen and oxygen atoms in total. The molecule has 0 aliphatic heterocycles. The predicted octanol–water partition coefficient (Wildman–Crippen LogP) is 2.23. The van der Waals surface area contributed by atoms with Crippen LogP contribution in [0.3, 0.4) is 0 Å². The van der Waals surface area contributed by atoms with E-state index >= 15 is 0 Å². The van der Waals surface area contributed by atoms with Gasteiger partial charge in [0.05, 0.1) is 6.61 Å². The second-order valence-electron chi connectivity index (χ2n) is 3.24. The van der Waals surface area contributed by atoms with Gasteiger partial charge in [-0.3, -0.25) is 4.79 Å². The van der Waals surface area contributed by atoms with E-state index in [0.717, 1.165) is 10.0 Å². The minimum absolute atomic E-state index is 0.408. The highest BCUT2D eigenvalue weighted by molar-refractivity contribution is 9.10. The van der Waals surface area contributed by atoms with Crippen LogP contribution >= 0.6 is 15.9 Å². The molecular formula is C11H14BrNO2. The molecule has 0 saturated carbocycles. The number of ether oxygens (including phenoxy) is 1. The van der Waals surface area contributed by atoms with Crippen LogP contribution in [0.4, 0.5) is 0 Å². The number of benzene rings is 1. The second-order valence-corrected chi connectivity index (χ2v) is 4.15. The molecular weight excluding hydrogens is 258 g/mol. The highest BCUT2D eigenvalue weighted by Crippen LogP contribution is 2.12. The van der Waals surface area contributed by atoms with Crippen molar-refractivity contribution in [3.05, 3.63) is 34.3 Å². The quantitative estimate of drug-likeness (QED) is 0.893. The molecule has 15 heavy (non-hydrogen) atoms. The van der Waals surface area contributed by atoms with Crippen molar-refractivity contribution in [1.82, 2.24) is 0 Å². The number of carbonyl (C=O) groups is 1. The van der Waals surface area contributed by atoms with E-state index < -0.39 is 12.0 Å². The van der Waals surface area contributed by atoms with Crippen LogP contribution in [0.2, 0.25) is 0 Å². The Morgan fingerprint density at radius 1 is 1.47 bits per heavy atom. The Balaban J connectivity index is 2.49. The molecule has 0 aliphatic rings. The number of primary amides is 1. The number of hydrogen-bond acceptors (Lipinski definition) is 2. The lowest BCUT2D eigenvalue weighted by Crippen LogP contribution is -2.30. The van der Waals surface area contributed by atoms with E-state index in [4.69, 9.17) is 10.5 Å². The normalized spacial score (nSPS) is 12.4. The Labute approximate surface area is 97.7 Å².